The highest BCUT2D eigenvalue weighted by Crippen LogP contribution is 2.34. The van der Waals surface area contributed by atoms with Gasteiger partial charge >= 0.3 is 0 Å². The molecule has 2 fully saturated rings. The number of benzene rings is 1. The van der Waals surface area contributed by atoms with E-state index in [4.69, 9.17) is 4.74 Å². The van der Waals surface area contributed by atoms with Gasteiger partial charge in [0.2, 0.25) is 5.91 Å². The molecule has 4 heteroatoms. The number of hydrogen-bond acceptors (Lipinski definition) is 3. The SMILES string of the molecule is CCOc1ccc(CN(C)C(=O)C2CC3CCC2N3)cc1. The van der Waals surface area contributed by atoms with Gasteiger partial charge in [0, 0.05) is 25.7 Å². The maximum Gasteiger partial charge on any atom is 0.227 e. The van der Waals surface area contributed by atoms with Crippen LogP contribution in [0.25, 0.3) is 0 Å². The number of nitrogens with one attached hydrogen (secondary N) is 1. The Labute approximate surface area is 126 Å². The van der Waals surface area contributed by atoms with Crippen molar-refractivity contribution in [3.8, 4) is 5.75 Å². The maximum absolute atomic E-state index is 12.6. The lowest BCUT2D eigenvalue weighted by Crippen LogP contribution is -2.38. The van der Waals surface area contributed by atoms with Crippen LogP contribution in [0.15, 0.2) is 24.3 Å². The molecule has 114 valence electrons. The first-order chi connectivity index (χ1) is 10.2. The van der Waals surface area contributed by atoms with Crippen LogP contribution in [0.2, 0.25) is 0 Å². The van der Waals surface area contributed by atoms with E-state index in [1.165, 1.54) is 6.42 Å². The van der Waals surface area contributed by atoms with Crippen LogP contribution in [-0.2, 0) is 11.3 Å². The van der Waals surface area contributed by atoms with Gasteiger partial charge in [-0.25, -0.2) is 0 Å². The summed E-state index contributed by atoms with van der Waals surface area (Å²) >= 11 is 0. The van der Waals surface area contributed by atoms with E-state index in [0.29, 0.717) is 25.2 Å². The molecule has 0 radical (unpaired) electrons. The fourth-order valence-corrected chi connectivity index (χ4v) is 3.59. The zero-order valence-electron chi connectivity index (χ0n) is 12.8. The number of hydrogen-bond donors (Lipinski definition) is 1. The third-order valence-electron chi connectivity index (χ3n) is 4.65. The van der Waals surface area contributed by atoms with Crippen molar-refractivity contribution in [1.29, 1.82) is 0 Å². The fraction of sp³-hybridized carbons (Fsp3) is 0.588. The monoisotopic (exact) mass is 288 g/mol. The molecule has 21 heavy (non-hydrogen) atoms. The van der Waals surface area contributed by atoms with E-state index < -0.39 is 0 Å². The third-order valence-corrected chi connectivity index (χ3v) is 4.65. The first kappa shape index (κ1) is 14.4. The molecule has 2 aliphatic rings. The summed E-state index contributed by atoms with van der Waals surface area (Å²) in [5, 5.41) is 3.53. The lowest BCUT2D eigenvalue weighted by atomic mass is 9.88. The molecule has 3 rings (SSSR count). The van der Waals surface area contributed by atoms with E-state index in [1.54, 1.807) is 0 Å². The van der Waals surface area contributed by atoms with Crippen molar-refractivity contribution >= 4 is 5.91 Å². The summed E-state index contributed by atoms with van der Waals surface area (Å²) in [7, 11) is 1.91. The van der Waals surface area contributed by atoms with Crippen LogP contribution in [0.4, 0.5) is 0 Å². The maximum atomic E-state index is 12.6. The first-order valence-corrected chi connectivity index (χ1v) is 7.90. The molecule has 2 saturated heterocycles. The van der Waals surface area contributed by atoms with Gasteiger partial charge in [0.25, 0.3) is 0 Å². The second-order valence-electron chi connectivity index (χ2n) is 6.16. The molecule has 4 nitrogen and oxygen atoms in total. The average Bonchev–Trinajstić information content (AvgIpc) is 3.11. The van der Waals surface area contributed by atoms with Crippen molar-refractivity contribution in [3.05, 3.63) is 29.8 Å². The number of carbonyl (C=O) groups is 1. The van der Waals surface area contributed by atoms with Crippen LogP contribution in [0.1, 0.15) is 31.7 Å². The fourth-order valence-electron chi connectivity index (χ4n) is 3.59. The molecule has 2 aliphatic heterocycles. The predicted octanol–water partition coefficient (Wildman–Crippen LogP) is 2.18. The number of amides is 1. The largest absolute Gasteiger partial charge is 0.494 e. The minimum atomic E-state index is 0.177. The number of rotatable bonds is 5. The average molecular weight is 288 g/mol. The first-order valence-electron chi connectivity index (χ1n) is 7.90. The molecule has 1 N–H and O–H groups in total. The van der Waals surface area contributed by atoms with E-state index >= 15 is 0 Å². The van der Waals surface area contributed by atoms with Gasteiger partial charge in [-0.1, -0.05) is 12.1 Å². The molecule has 3 unspecified atom stereocenters. The zero-order chi connectivity index (χ0) is 14.8. The zero-order valence-corrected chi connectivity index (χ0v) is 12.8. The predicted molar refractivity (Wildman–Crippen MR) is 82.1 cm³/mol. The number of ether oxygens (including phenoxy) is 1. The van der Waals surface area contributed by atoms with Crippen molar-refractivity contribution in [1.82, 2.24) is 10.2 Å². The van der Waals surface area contributed by atoms with Gasteiger partial charge in [-0.05, 0) is 43.9 Å². The van der Waals surface area contributed by atoms with Crippen LogP contribution < -0.4 is 10.1 Å². The molecular weight excluding hydrogens is 264 g/mol. The van der Waals surface area contributed by atoms with Crippen LogP contribution in [0.3, 0.4) is 0 Å². The summed E-state index contributed by atoms with van der Waals surface area (Å²) in [6, 6.07) is 8.99. The lowest BCUT2D eigenvalue weighted by Gasteiger charge is -2.25. The third kappa shape index (κ3) is 3.05. The Morgan fingerprint density at radius 3 is 2.67 bits per heavy atom. The molecule has 0 saturated carbocycles. The molecule has 2 bridgehead atoms. The van der Waals surface area contributed by atoms with Crippen LogP contribution in [-0.4, -0.2) is 36.5 Å². The van der Waals surface area contributed by atoms with Crippen LogP contribution in [0.5, 0.6) is 5.75 Å². The highest BCUT2D eigenvalue weighted by Gasteiger charge is 2.43. The Bertz CT molecular complexity index is 500. The molecular formula is C17H24N2O2. The number of carbonyl (C=O) groups excluding carboxylic acids is 1. The van der Waals surface area contributed by atoms with E-state index in [0.717, 1.165) is 24.2 Å². The molecule has 0 aliphatic carbocycles. The van der Waals surface area contributed by atoms with Gasteiger partial charge in [-0.3, -0.25) is 4.79 Å². The highest BCUT2D eigenvalue weighted by atomic mass is 16.5. The Morgan fingerprint density at radius 1 is 1.33 bits per heavy atom. The highest BCUT2D eigenvalue weighted by molar-refractivity contribution is 5.80. The molecule has 1 amide bonds. The summed E-state index contributed by atoms with van der Waals surface area (Å²) in [4.78, 5) is 14.4. The number of fused-ring (bicyclic) bond motifs is 2. The lowest BCUT2D eigenvalue weighted by molar-refractivity contribution is -0.135. The van der Waals surface area contributed by atoms with E-state index in [-0.39, 0.29) is 11.8 Å². The standard InChI is InChI=1S/C17H24N2O2/c1-3-21-14-7-4-12(5-8-14)11-19(2)17(20)15-10-13-6-9-16(15)18-13/h4-5,7-8,13,15-16,18H,3,6,9-11H2,1-2H3. The molecule has 0 aromatic heterocycles. The molecule has 1 aromatic rings. The van der Waals surface area contributed by atoms with Crippen LogP contribution >= 0.6 is 0 Å². The Morgan fingerprint density at radius 2 is 2.10 bits per heavy atom. The van der Waals surface area contributed by atoms with Crippen molar-refractivity contribution in [2.45, 2.75) is 44.8 Å². The second kappa shape index (κ2) is 6.06. The quantitative estimate of drug-likeness (QED) is 0.903. The molecule has 2 heterocycles. The van der Waals surface area contributed by atoms with Gasteiger partial charge in [0.1, 0.15) is 5.75 Å². The van der Waals surface area contributed by atoms with Crippen molar-refractivity contribution in [3.63, 3.8) is 0 Å². The van der Waals surface area contributed by atoms with Crippen molar-refractivity contribution in [2.24, 2.45) is 5.92 Å². The van der Waals surface area contributed by atoms with Gasteiger partial charge in [0.05, 0.1) is 12.5 Å². The normalized spacial score (nSPS) is 26.9. The van der Waals surface area contributed by atoms with E-state index in [1.807, 2.05) is 43.1 Å². The van der Waals surface area contributed by atoms with E-state index in [2.05, 4.69) is 5.32 Å². The van der Waals surface area contributed by atoms with Gasteiger partial charge < -0.3 is 15.0 Å². The van der Waals surface area contributed by atoms with Gasteiger partial charge in [-0.15, -0.1) is 0 Å². The Kier molecular flexibility index (Phi) is 4.15. The minimum Gasteiger partial charge on any atom is -0.494 e. The van der Waals surface area contributed by atoms with E-state index in [9.17, 15) is 4.79 Å². The summed E-state index contributed by atoms with van der Waals surface area (Å²) in [6.07, 6.45) is 3.39. The summed E-state index contributed by atoms with van der Waals surface area (Å²) in [6.45, 7) is 3.32. The van der Waals surface area contributed by atoms with Gasteiger partial charge in [0.15, 0.2) is 0 Å². The topological polar surface area (TPSA) is 41.6 Å². The van der Waals surface area contributed by atoms with Crippen LogP contribution in [0, 0.1) is 5.92 Å². The summed E-state index contributed by atoms with van der Waals surface area (Å²) < 4.78 is 5.44. The molecule has 0 spiro atoms. The smallest absolute Gasteiger partial charge is 0.227 e. The van der Waals surface area contributed by atoms with Crippen molar-refractivity contribution < 1.29 is 9.53 Å². The Balaban J connectivity index is 1.58. The van der Waals surface area contributed by atoms with Gasteiger partial charge in [-0.2, -0.15) is 0 Å². The summed E-state index contributed by atoms with van der Waals surface area (Å²) in [5.74, 6) is 1.34. The number of nitrogens with zero attached hydrogens (tertiary/aromatic N) is 1. The summed E-state index contributed by atoms with van der Waals surface area (Å²) in [5.41, 5.74) is 1.14. The Hall–Kier alpha value is -1.55. The molecule has 1 aromatic carbocycles. The minimum absolute atomic E-state index is 0.177. The van der Waals surface area contributed by atoms with Crippen molar-refractivity contribution in [2.75, 3.05) is 13.7 Å². The second-order valence-corrected chi connectivity index (χ2v) is 6.16. The molecule has 3 atom stereocenters.